The molecule has 0 aromatic heterocycles. The van der Waals surface area contributed by atoms with Crippen LogP contribution in [0.5, 0.6) is 0 Å². The van der Waals surface area contributed by atoms with Crippen LogP contribution >= 0.6 is 0 Å². The maximum Gasteiger partial charge on any atom is 0.312 e. The summed E-state index contributed by atoms with van der Waals surface area (Å²) in [6.07, 6.45) is 8.43. The van der Waals surface area contributed by atoms with Crippen LogP contribution in [0.3, 0.4) is 0 Å². The molecule has 0 heterocycles. The largest absolute Gasteiger partial charge is 0.462 e. The minimum Gasteiger partial charge on any atom is -0.462 e. The molecule has 3 atom stereocenters. The fourth-order valence-electron chi connectivity index (χ4n) is 3.53. The molecule has 0 aliphatic heterocycles. The van der Waals surface area contributed by atoms with Gasteiger partial charge >= 0.3 is 5.97 Å². The molecule has 0 spiro atoms. The first-order valence-corrected chi connectivity index (χ1v) is 9.39. The van der Waals surface area contributed by atoms with Crippen molar-refractivity contribution in [2.24, 2.45) is 11.8 Å². The van der Waals surface area contributed by atoms with Gasteiger partial charge in [0, 0.05) is 0 Å². The Morgan fingerprint density at radius 2 is 2.04 bits per heavy atom. The van der Waals surface area contributed by atoms with Crippen molar-refractivity contribution in [3.63, 3.8) is 0 Å². The number of esters is 1. The van der Waals surface area contributed by atoms with E-state index >= 15 is 0 Å². The van der Waals surface area contributed by atoms with Crippen LogP contribution in [0, 0.1) is 11.8 Å². The second-order valence-corrected chi connectivity index (χ2v) is 7.44. The van der Waals surface area contributed by atoms with Crippen molar-refractivity contribution in [1.82, 2.24) is 0 Å². The quantitative estimate of drug-likeness (QED) is 0.408. The monoisotopic (exact) mass is 328 g/mol. The fraction of sp³-hybridized carbons (Fsp3) is 0.591. The Hall–Kier alpha value is -1.57. The van der Waals surface area contributed by atoms with Crippen molar-refractivity contribution in [1.29, 1.82) is 0 Å². The van der Waals surface area contributed by atoms with Gasteiger partial charge in [-0.3, -0.25) is 4.79 Å². The molecule has 0 radical (unpaired) electrons. The molecule has 132 valence electrons. The number of carbonyl (C=O) groups is 1. The third kappa shape index (κ3) is 4.72. The molecule has 2 unspecified atom stereocenters. The number of benzene rings is 1. The summed E-state index contributed by atoms with van der Waals surface area (Å²) in [7, 11) is 0. The summed E-state index contributed by atoms with van der Waals surface area (Å²) in [6, 6.07) is 10.9. The smallest absolute Gasteiger partial charge is 0.312 e. The highest BCUT2D eigenvalue weighted by Crippen LogP contribution is 2.50. The summed E-state index contributed by atoms with van der Waals surface area (Å²) < 4.78 is 5.64. The van der Waals surface area contributed by atoms with Crippen LogP contribution in [-0.2, 0) is 14.9 Å². The lowest BCUT2D eigenvalue weighted by atomic mass is 9.74. The minimum absolute atomic E-state index is 0.0270. The zero-order valence-electron chi connectivity index (χ0n) is 15.5. The van der Waals surface area contributed by atoms with E-state index in [0.717, 1.165) is 31.6 Å². The second kappa shape index (κ2) is 8.50. The Bertz CT molecular complexity index is 532. The molecule has 2 heteroatoms. The predicted octanol–water partition coefficient (Wildman–Crippen LogP) is 5.67. The van der Waals surface area contributed by atoms with Gasteiger partial charge in [0.15, 0.2) is 0 Å². The highest BCUT2D eigenvalue weighted by molar-refractivity contribution is 5.74. The molecule has 1 saturated carbocycles. The van der Waals surface area contributed by atoms with E-state index in [-0.39, 0.29) is 23.4 Å². The maximum absolute atomic E-state index is 11.9. The van der Waals surface area contributed by atoms with Gasteiger partial charge in [0.2, 0.25) is 0 Å². The lowest BCUT2D eigenvalue weighted by molar-refractivity contribution is -0.152. The standard InChI is InChI=1S/C22H32O2/c1-5-17(3)21(23)24-20(6-2)13-10-16-22(4,19-14-15-19)18-11-8-7-9-12-18/h5,7-9,11-12,17,19-20H,1,6,10,13-16H2,2-4H3/t17?,20?,22-/m0/s1. The first-order chi connectivity index (χ1) is 11.5. The SMILES string of the molecule is C=CC(C)C(=O)OC(CC)CCC[C@@](C)(c1ccccc1)C1CC1. The normalized spacial score (nSPS) is 19.1. The van der Waals surface area contributed by atoms with Gasteiger partial charge in [-0.25, -0.2) is 0 Å². The van der Waals surface area contributed by atoms with E-state index in [1.54, 1.807) is 6.08 Å². The lowest BCUT2D eigenvalue weighted by Crippen LogP contribution is -2.26. The Kier molecular flexibility index (Phi) is 6.65. The van der Waals surface area contributed by atoms with E-state index in [0.29, 0.717) is 0 Å². The number of ether oxygens (including phenoxy) is 1. The van der Waals surface area contributed by atoms with E-state index in [4.69, 9.17) is 4.74 Å². The third-order valence-corrected chi connectivity index (χ3v) is 5.60. The van der Waals surface area contributed by atoms with E-state index in [9.17, 15) is 4.79 Å². The fourth-order valence-corrected chi connectivity index (χ4v) is 3.53. The Balaban J connectivity index is 1.90. The summed E-state index contributed by atoms with van der Waals surface area (Å²) in [5.41, 5.74) is 1.72. The Morgan fingerprint density at radius 1 is 1.38 bits per heavy atom. The number of hydrogen-bond acceptors (Lipinski definition) is 2. The van der Waals surface area contributed by atoms with Crippen molar-refractivity contribution in [3.8, 4) is 0 Å². The van der Waals surface area contributed by atoms with Crippen molar-refractivity contribution in [2.45, 2.75) is 70.8 Å². The Labute approximate surface area is 147 Å². The van der Waals surface area contributed by atoms with E-state index in [1.807, 2.05) is 6.92 Å². The van der Waals surface area contributed by atoms with Gasteiger partial charge in [-0.05, 0) is 62.3 Å². The number of carbonyl (C=O) groups excluding carboxylic acids is 1. The summed E-state index contributed by atoms with van der Waals surface area (Å²) in [5.74, 6) is 0.438. The van der Waals surface area contributed by atoms with Crippen molar-refractivity contribution >= 4 is 5.97 Å². The molecular weight excluding hydrogens is 296 g/mol. The highest BCUT2D eigenvalue weighted by atomic mass is 16.5. The summed E-state index contributed by atoms with van der Waals surface area (Å²) in [5, 5.41) is 0. The van der Waals surface area contributed by atoms with Gasteiger partial charge < -0.3 is 4.74 Å². The van der Waals surface area contributed by atoms with Crippen LogP contribution in [0.4, 0.5) is 0 Å². The van der Waals surface area contributed by atoms with Crippen molar-refractivity contribution < 1.29 is 9.53 Å². The number of hydrogen-bond donors (Lipinski definition) is 0. The first kappa shape index (κ1) is 18.8. The molecule has 0 N–H and O–H groups in total. The molecule has 0 bridgehead atoms. The molecule has 0 saturated heterocycles. The van der Waals surface area contributed by atoms with Crippen LogP contribution in [0.2, 0.25) is 0 Å². The van der Waals surface area contributed by atoms with E-state index in [2.05, 4.69) is 50.8 Å². The highest BCUT2D eigenvalue weighted by Gasteiger charge is 2.42. The maximum atomic E-state index is 11.9. The van der Waals surface area contributed by atoms with E-state index in [1.165, 1.54) is 18.4 Å². The van der Waals surface area contributed by atoms with Crippen LogP contribution in [0.15, 0.2) is 43.0 Å². The van der Waals surface area contributed by atoms with Crippen LogP contribution in [0.25, 0.3) is 0 Å². The number of rotatable bonds is 10. The van der Waals surface area contributed by atoms with Gasteiger partial charge in [-0.15, -0.1) is 6.58 Å². The molecular formula is C22H32O2. The third-order valence-electron chi connectivity index (χ3n) is 5.60. The second-order valence-electron chi connectivity index (χ2n) is 7.44. The van der Waals surface area contributed by atoms with Crippen molar-refractivity contribution in [3.05, 3.63) is 48.6 Å². The van der Waals surface area contributed by atoms with Gasteiger partial charge in [0.05, 0.1) is 5.92 Å². The molecule has 24 heavy (non-hydrogen) atoms. The van der Waals surface area contributed by atoms with Crippen LogP contribution in [-0.4, -0.2) is 12.1 Å². The van der Waals surface area contributed by atoms with E-state index < -0.39 is 0 Å². The molecule has 1 aliphatic rings. The molecule has 2 nitrogen and oxygen atoms in total. The average molecular weight is 328 g/mol. The van der Waals surface area contributed by atoms with Gasteiger partial charge in [0.25, 0.3) is 0 Å². The van der Waals surface area contributed by atoms with Gasteiger partial charge in [0.1, 0.15) is 6.10 Å². The van der Waals surface area contributed by atoms with Gasteiger partial charge in [-0.2, -0.15) is 0 Å². The van der Waals surface area contributed by atoms with Gasteiger partial charge in [-0.1, -0.05) is 50.3 Å². The molecule has 0 amide bonds. The zero-order valence-corrected chi connectivity index (χ0v) is 15.5. The molecule has 1 aromatic rings. The minimum atomic E-state index is -0.222. The molecule has 1 aliphatic carbocycles. The predicted molar refractivity (Wildman–Crippen MR) is 99.9 cm³/mol. The van der Waals surface area contributed by atoms with Crippen LogP contribution < -0.4 is 0 Å². The zero-order chi connectivity index (χ0) is 17.6. The van der Waals surface area contributed by atoms with Crippen LogP contribution in [0.1, 0.15) is 64.9 Å². The summed E-state index contributed by atoms with van der Waals surface area (Å²) in [4.78, 5) is 11.9. The molecule has 2 rings (SSSR count). The Morgan fingerprint density at radius 3 is 2.58 bits per heavy atom. The molecule has 1 aromatic carbocycles. The first-order valence-electron chi connectivity index (χ1n) is 9.39. The van der Waals surface area contributed by atoms with Crippen molar-refractivity contribution in [2.75, 3.05) is 0 Å². The summed E-state index contributed by atoms with van der Waals surface area (Å²) >= 11 is 0. The molecule has 1 fully saturated rings. The average Bonchev–Trinajstić information content (AvgIpc) is 3.46. The topological polar surface area (TPSA) is 26.3 Å². The lowest BCUT2D eigenvalue weighted by Gasteiger charge is -2.31. The summed E-state index contributed by atoms with van der Waals surface area (Å²) in [6.45, 7) is 10.0.